The number of pyridine rings is 1. The highest BCUT2D eigenvalue weighted by atomic mass is 16.5. The number of carbonyl (C=O) groups excluding carboxylic acids is 2. The first-order valence-electron chi connectivity index (χ1n) is 7.35. The summed E-state index contributed by atoms with van der Waals surface area (Å²) in [4.78, 5) is 29.5. The molecule has 1 aromatic heterocycles. The molecule has 0 aliphatic carbocycles. The Morgan fingerprint density at radius 1 is 1.29 bits per heavy atom. The van der Waals surface area contributed by atoms with Crippen LogP contribution in [0.5, 0.6) is 0 Å². The largest absolute Gasteiger partial charge is 0.466 e. The van der Waals surface area contributed by atoms with Gasteiger partial charge in [-0.25, -0.2) is 4.98 Å². The fourth-order valence-electron chi connectivity index (χ4n) is 2.27. The lowest BCUT2D eigenvalue weighted by Gasteiger charge is -2.16. The smallest absolute Gasteiger partial charge is 0.306 e. The summed E-state index contributed by atoms with van der Waals surface area (Å²) in [5, 5.41) is 2.73. The molecule has 114 valence electrons. The SMILES string of the molecule is CCOC(=O)CCC(=O)Nc1ccc(N2CCCC2)nc1. The minimum atomic E-state index is -0.352. The van der Waals surface area contributed by atoms with E-state index < -0.39 is 0 Å². The van der Waals surface area contributed by atoms with E-state index in [1.165, 1.54) is 12.8 Å². The van der Waals surface area contributed by atoms with Gasteiger partial charge in [-0.05, 0) is 31.9 Å². The first kappa shape index (κ1) is 15.3. The van der Waals surface area contributed by atoms with Crippen molar-refractivity contribution in [1.82, 2.24) is 4.98 Å². The topological polar surface area (TPSA) is 71.5 Å². The molecule has 1 amide bonds. The molecule has 21 heavy (non-hydrogen) atoms. The van der Waals surface area contributed by atoms with Crippen LogP contribution >= 0.6 is 0 Å². The lowest BCUT2D eigenvalue weighted by molar-refractivity contribution is -0.144. The number of ether oxygens (including phenoxy) is 1. The summed E-state index contributed by atoms with van der Waals surface area (Å²) in [6.07, 6.45) is 4.27. The van der Waals surface area contributed by atoms with Crippen LogP contribution in [0.2, 0.25) is 0 Å². The fraction of sp³-hybridized carbons (Fsp3) is 0.533. The van der Waals surface area contributed by atoms with Gasteiger partial charge in [0.15, 0.2) is 0 Å². The molecule has 1 fully saturated rings. The van der Waals surface area contributed by atoms with Crippen LogP contribution in [0, 0.1) is 0 Å². The standard InChI is InChI=1S/C15H21N3O3/c1-2-21-15(20)8-7-14(19)17-12-5-6-13(16-11-12)18-9-3-4-10-18/h5-6,11H,2-4,7-10H2,1H3,(H,17,19). The van der Waals surface area contributed by atoms with Crippen molar-refractivity contribution in [2.75, 3.05) is 29.9 Å². The molecule has 2 rings (SSSR count). The Morgan fingerprint density at radius 3 is 2.67 bits per heavy atom. The normalized spacial score (nSPS) is 14.0. The second-order valence-electron chi connectivity index (χ2n) is 4.95. The van der Waals surface area contributed by atoms with Crippen molar-refractivity contribution in [2.24, 2.45) is 0 Å². The summed E-state index contributed by atoms with van der Waals surface area (Å²) < 4.78 is 4.78. The van der Waals surface area contributed by atoms with Crippen molar-refractivity contribution >= 4 is 23.4 Å². The summed E-state index contributed by atoms with van der Waals surface area (Å²) in [5.74, 6) is 0.381. The molecule has 1 aromatic rings. The molecule has 1 aliphatic heterocycles. The van der Waals surface area contributed by atoms with Crippen LogP contribution in [0.25, 0.3) is 0 Å². The third-order valence-electron chi connectivity index (χ3n) is 3.32. The van der Waals surface area contributed by atoms with E-state index in [0.717, 1.165) is 18.9 Å². The van der Waals surface area contributed by atoms with Gasteiger partial charge in [0.1, 0.15) is 5.82 Å². The number of esters is 1. The Kier molecular flexibility index (Phi) is 5.54. The predicted octanol–water partition coefficient (Wildman–Crippen LogP) is 1.96. The number of carbonyl (C=O) groups is 2. The lowest BCUT2D eigenvalue weighted by atomic mass is 10.3. The van der Waals surface area contributed by atoms with E-state index in [0.29, 0.717) is 12.3 Å². The van der Waals surface area contributed by atoms with Gasteiger partial charge in [0.05, 0.1) is 24.9 Å². The zero-order valence-corrected chi connectivity index (χ0v) is 12.3. The van der Waals surface area contributed by atoms with Crippen LogP contribution in [0.1, 0.15) is 32.6 Å². The lowest BCUT2D eigenvalue weighted by Crippen LogP contribution is -2.19. The second kappa shape index (κ2) is 7.61. The second-order valence-corrected chi connectivity index (χ2v) is 4.95. The Labute approximate surface area is 124 Å². The molecular weight excluding hydrogens is 270 g/mol. The summed E-state index contributed by atoms with van der Waals surface area (Å²) in [6, 6.07) is 3.75. The van der Waals surface area contributed by atoms with Crippen molar-refractivity contribution in [3.05, 3.63) is 18.3 Å². The van der Waals surface area contributed by atoms with Crippen molar-refractivity contribution in [3.63, 3.8) is 0 Å². The Morgan fingerprint density at radius 2 is 2.05 bits per heavy atom. The van der Waals surface area contributed by atoms with Gasteiger partial charge in [0.2, 0.25) is 5.91 Å². The maximum Gasteiger partial charge on any atom is 0.306 e. The van der Waals surface area contributed by atoms with E-state index in [-0.39, 0.29) is 24.7 Å². The third-order valence-corrected chi connectivity index (χ3v) is 3.32. The zero-order chi connectivity index (χ0) is 15.1. The van der Waals surface area contributed by atoms with Crippen LogP contribution < -0.4 is 10.2 Å². The van der Waals surface area contributed by atoms with E-state index in [2.05, 4.69) is 15.2 Å². The van der Waals surface area contributed by atoms with Crippen LogP contribution in [-0.4, -0.2) is 36.6 Å². The number of amides is 1. The zero-order valence-electron chi connectivity index (χ0n) is 12.3. The molecule has 0 unspecified atom stereocenters. The average molecular weight is 291 g/mol. The van der Waals surface area contributed by atoms with Gasteiger partial charge in [0.25, 0.3) is 0 Å². The van der Waals surface area contributed by atoms with Crippen molar-refractivity contribution < 1.29 is 14.3 Å². The van der Waals surface area contributed by atoms with E-state index in [1.807, 2.05) is 12.1 Å². The number of aromatic nitrogens is 1. The minimum absolute atomic E-state index is 0.0962. The van der Waals surface area contributed by atoms with Crippen molar-refractivity contribution in [3.8, 4) is 0 Å². The van der Waals surface area contributed by atoms with Gasteiger partial charge in [-0.1, -0.05) is 0 Å². The van der Waals surface area contributed by atoms with E-state index in [9.17, 15) is 9.59 Å². The monoisotopic (exact) mass is 291 g/mol. The Balaban J connectivity index is 1.79. The summed E-state index contributed by atoms with van der Waals surface area (Å²) in [7, 11) is 0. The highest BCUT2D eigenvalue weighted by Crippen LogP contribution is 2.19. The molecule has 1 N–H and O–H groups in total. The van der Waals surface area contributed by atoms with Gasteiger partial charge in [-0.3, -0.25) is 9.59 Å². The molecule has 1 aliphatic rings. The molecule has 0 aromatic carbocycles. The molecule has 0 bridgehead atoms. The van der Waals surface area contributed by atoms with Crippen molar-refractivity contribution in [1.29, 1.82) is 0 Å². The Hall–Kier alpha value is -2.11. The highest BCUT2D eigenvalue weighted by Gasteiger charge is 2.13. The molecule has 0 atom stereocenters. The van der Waals surface area contributed by atoms with Gasteiger partial charge >= 0.3 is 5.97 Å². The van der Waals surface area contributed by atoms with Gasteiger partial charge in [0, 0.05) is 19.5 Å². The van der Waals surface area contributed by atoms with Crippen LogP contribution in [-0.2, 0) is 14.3 Å². The molecule has 0 spiro atoms. The maximum absolute atomic E-state index is 11.7. The fourth-order valence-corrected chi connectivity index (χ4v) is 2.27. The van der Waals surface area contributed by atoms with Crippen LogP contribution in [0.15, 0.2) is 18.3 Å². The number of rotatable bonds is 6. The molecule has 2 heterocycles. The first-order valence-corrected chi connectivity index (χ1v) is 7.35. The summed E-state index contributed by atoms with van der Waals surface area (Å²) >= 11 is 0. The molecule has 0 saturated carbocycles. The molecule has 0 radical (unpaired) electrons. The van der Waals surface area contributed by atoms with Gasteiger partial charge in [-0.15, -0.1) is 0 Å². The quantitative estimate of drug-likeness (QED) is 0.811. The predicted molar refractivity (Wildman–Crippen MR) is 80.2 cm³/mol. The van der Waals surface area contributed by atoms with Gasteiger partial charge in [-0.2, -0.15) is 0 Å². The third kappa shape index (κ3) is 4.73. The van der Waals surface area contributed by atoms with Gasteiger partial charge < -0.3 is 15.0 Å². The molecule has 6 heteroatoms. The van der Waals surface area contributed by atoms with E-state index in [1.54, 1.807) is 13.1 Å². The Bertz CT molecular complexity index is 481. The van der Waals surface area contributed by atoms with Crippen LogP contribution in [0.3, 0.4) is 0 Å². The number of nitrogens with zero attached hydrogens (tertiary/aromatic N) is 2. The molecular formula is C15H21N3O3. The summed E-state index contributed by atoms with van der Waals surface area (Å²) in [6.45, 7) is 4.16. The van der Waals surface area contributed by atoms with Crippen molar-refractivity contribution in [2.45, 2.75) is 32.6 Å². The van der Waals surface area contributed by atoms with Crippen LogP contribution in [0.4, 0.5) is 11.5 Å². The molecule has 1 saturated heterocycles. The first-order chi connectivity index (χ1) is 10.2. The summed E-state index contributed by atoms with van der Waals surface area (Å²) in [5.41, 5.74) is 0.645. The maximum atomic E-state index is 11.7. The highest BCUT2D eigenvalue weighted by molar-refractivity contribution is 5.92. The number of anilines is 2. The number of nitrogens with one attached hydrogen (secondary N) is 1. The molecule has 6 nitrogen and oxygen atoms in total. The minimum Gasteiger partial charge on any atom is -0.466 e. The number of hydrogen-bond acceptors (Lipinski definition) is 5. The average Bonchev–Trinajstić information content (AvgIpc) is 3.00. The number of hydrogen-bond donors (Lipinski definition) is 1. The van der Waals surface area contributed by atoms with E-state index in [4.69, 9.17) is 4.74 Å². The van der Waals surface area contributed by atoms with E-state index >= 15 is 0 Å².